The Morgan fingerprint density at radius 2 is 1.60 bits per heavy atom. The molecule has 0 saturated heterocycles. The highest BCUT2D eigenvalue weighted by atomic mass is 19.2. The van der Waals surface area contributed by atoms with Gasteiger partial charge in [-0.2, -0.15) is 0 Å². The number of carbonyl (C=O) groups is 1. The first-order valence-electron chi connectivity index (χ1n) is 6.24. The number of halogens is 3. The number of benzene rings is 2. The Balaban J connectivity index is 2.69. The van der Waals surface area contributed by atoms with E-state index < -0.39 is 34.4 Å². The fraction of sp³-hybridized carbons (Fsp3) is 0.188. The molecule has 0 saturated carbocycles. The summed E-state index contributed by atoms with van der Waals surface area (Å²) in [5, 5.41) is 0. The van der Waals surface area contributed by atoms with Gasteiger partial charge in [-0.25, -0.2) is 13.2 Å². The van der Waals surface area contributed by atoms with Gasteiger partial charge < -0.3 is 0 Å². The Hall–Kier alpha value is -2.10. The monoisotopic (exact) mass is 278 g/mol. The summed E-state index contributed by atoms with van der Waals surface area (Å²) in [7, 11) is 0. The molecule has 4 heteroatoms. The van der Waals surface area contributed by atoms with Crippen molar-refractivity contribution in [3.05, 3.63) is 70.0 Å². The van der Waals surface area contributed by atoms with Gasteiger partial charge in [0, 0.05) is 16.7 Å². The quantitative estimate of drug-likeness (QED) is 0.607. The van der Waals surface area contributed by atoms with E-state index in [9.17, 15) is 18.0 Å². The van der Waals surface area contributed by atoms with Gasteiger partial charge in [0.25, 0.3) is 0 Å². The minimum atomic E-state index is -1.22. The Morgan fingerprint density at radius 1 is 1.00 bits per heavy atom. The summed E-state index contributed by atoms with van der Waals surface area (Å²) in [5.41, 5.74) is -0.854. The maximum absolute atomic E-state index is 14.3. The van der Waals surface area contributed by atoms with Gasteiger partial charge in [-0.15, -0.1) is 0 Å². The SMILES string of the molecule is CCc1c(F)c(F)c(C)c(C(=O)c2ccccc2)c1F. The fourth-order valence-electron chi connectivity index (χ4n) is 2.13. The highest BCUT2D eigenvalue weighted by Crippen LogP contribution is 2.27. The first-order valence-corrected chi connectivity index (χ1v) is 6.24. The summed E-state index contributed by atoms with van der Waals surface area (Å²) in [6.45, 7) is 2.71. The molecule has 2 rings (SSSR count). The van der Waals surface area contributed by atoms with Gasteiger partial charge in [0.2, 0.25) is 0 Å². The van der Waals surface area contributed by atoms with Crippen LogP contribution in [-0.2, 0) is 6.42 Å². The van der Waals surface area contributed by atoms with Crippen molar-refractivity contribution < 1.29 is 18.0 Å². The number of rotatable bonds is 3. The molecule has 0 radical (unpaired) electrons. The van der Waals surface area contributed by atoms with Crippen molar-refractivity contribution in [3.8, 4) is 0 Å². The lowest BCUT2D eigenvalue weighted by Crippen LogP contribution is -2.13. The van der Waals surface area contributed by atoms with E-state index in [1.54, 1.807) is 18.2 Å². The molecule has 2 aromatic rings. The molecule has 0 bridgehead atoms. The molecular weight excluding hydrogens is 265 g/mol. The molecule has 0 spiro atoms. The molecule has 0 unspecified atom stereocenters. The summed E-state index contributed by atoms with van der Waals surface area (Å²) in [4.78, 5) is 12.3. The number of hydrogen-bond acceptors (Lipinski definition) is 1. The summed E-state index contributed by atoms with van der Waals surface area (Å²) in [6.07, 6.45) is -0.0239. The highest BCUT2D eigenvalue weighted by molar-refractivity contribution is 6.10. The number of hydrogen-bond donors (Lipinski definition) is 0. The van der Waals surface area contributed by atoms with E-state index in [0.717, 1.165) is 0 Å². The van der Waals surface area contributed by atoms with Gasteiger partial charge >= 0.3 is 0 Å². The third kappa shape index (κ3) is 2.22. The topological polar surface area (TPSA) is 17.1 Å². The summed E-state index contributed by atoms with van der Waals surface area (Å²) in [6, 6.07) is 7.98. The van der Waals surface area contributed by atoms with Crippen LogP contribution in [-0.4, -0.2) is 5.78 Å². The second-order valence-corrected chi connectivity index (χ2v) is 4.47. The summed E-state index contributed by atoms with van der Waals surface area (Å²) < 4.78 is 41.7. The zero-order valence-electron chi connectivity index (χ0n) is 11.1. The Morgan fingerprint density at radius 3 is 2.15 bits per heavy atom. The van der Waals surface area contributed by atoms with Crippen LogP contribution in [0, 0.1) is 24.4 Å². The maximum Gasteiger partial charge on any atom is 0.196 e. The van der Waals surface area contributed by atoms with Crippen LogP contribution in [0.25, 0.3) is 0 Å². The van der Waals surface area contributed by atoms with Crippen LogP contribution in [0.1, 0.15) is 34.0 Å². The zero-order valence-corrected chi connectivity index (χ0v) is 11.1. The van der Waals surface area contributed by atoms with Crippen molar-refractivity contribution in [2.45, 2.75) is 20.3 Å². The predicted molar refractivity (Wildman–Crippen MR) is 70.3 cm³/mol. The third-order valence-corrected chi connectivity index (χ3v) is 3.26. The molecule has 0 atom stereocenters. The zero-order chi connectivity index (χ0) is 14.9. The molecular formula is C16H13F3O. The molecule has 2 aromatic carbocycles. The van der Waals surface area contributed by atoms with Crippen molar-refractivity contribution in [2.75, 3.05) is 0 Å². The van der Waals surface area contributed by atoms with Gasteiger partial charge in [-0.3, -0.25) is 4.79 Å². The average Bonchev–Trinajstić information content (AvgIpc) is 2.46. The molecule has 0 aliphatic carbocycles. The standard InChI is InChI=1S/C16H13F3O/c1-3-11-14(18)12(9(2)13(17)15(11)19)16(20)10-7-5-4-6-8-10/h4-8H,3H2,1-2H3. The third-order valence-electron chi connectivity index (χ3n) is 3.26. The molecule has 0 N–H and O–H groups in total. The predicted octanol–water partition coefficient (Wildman–Crippen LogP) is 4.21. The van der Waals surface area contributed by atoms with E-state index >= 15 is 0 Å². The normalized spacial score (nSPS) is 10.7. The lowest BCUT2D eigenvalue weighted by atomic mass is 9.94. The van der Waals surface area contributed by atoms with Crippen molar-refractivity contribution >= 4 is 5.78 Å². The van der Waals surface area contributed by atoms with Crippen LogP contribution >= 0.6 is 0 Å². The lowest BCUT2D eigenvalue weighted by Gasteiger charge is -2.12. The van der Waals surface area contributed by atoms with E-state index in [2.05, 4.69) is 0 Å². The highest BCUT2D eigenvalue weighted by Gasteiger charge is 2.26. The summed E-state index contributed by atoms with van der Waals surface area (Å²) >= 11 is 0. The van der Waals surface area contributed by atoms with Gasteiger partial charge in [0.15, 0.2) is 17.4 Å². The Kier molecular flexibility index (Phi) is 3.93. The first-order chi connectivity index (χ1) is 9.49. The van der Waals surface area contributed by atoms with Crippen LogP contribution in [0.15, 0.2) is 30.3 Å². The van der Waals surface area contributed by atoms with Crippen LogP contribution < -0.4 is 0 Å². The van der Waals surface area contributed by atoms with Gasteiger partial charge in [-0.05, 0) is 13.3 Å². The van der Waals surface area contributed by atoms with Crippen LogP contribution in [0.5, 0.6) is 0 Å². The number of carbonyl (C=O) groups excluding carboxylic acids is 1. The van der Waals surface area contributed by atoms with Gasteiger partial charge in [-0.1, -0.05) is 37.3 Å². The Bertz CT molecular complexity index is 663. The Labute approximate surface area is 115 Å². The van der Waals surface area contributed by atoms with Crippen molar-refractivity contribution in [2.24, 2.45) is 0 Å². The molecule has 0 fully saturated rings. The summed E-state index contributed by atoms with van der Waals surface area (Å²) in [5.74, 6) is -4.00. The smallest absolute Gasteiger partial charge is 0.196 e. The number of ketones is 1. The van der Waals surface area contributed by atoms with Crippen molar-refractivity contribution in [3.63, 3.8) is 0 Å². The van der Waals surface area contributed by atoms with E-state index in [1.807, 2.05) is 0 Å². The van der Waals surface area contributed by atoms with Gasteiger partial charge in [0.05, 0.1) is 5.56 Å². The van der Waals surface area contributed by atoms with E-state index in [1.165, 1.54) is 26.0 Å². The van der Waals surface area contributed by atoms with Crippen LogP contribution in [0.3, 0.4) is 0 Å². The van der Waals surface area contributed by atoms with E-state index in [-0.39, 0.29) is 17.5 Å². The molecule has 0 aliphatic heterocycles. The second kappa shape index (κ2) is 5.49. The average molecular weight is 278 g/mol. The lowest BCUT2D eigenvalue weighted by molar-refractivity contribution is 0.103. The molecule has 0 aromatic heterocycles. The maximum atomic E-state index is 14.3. The van der Waals surface area contributed by atoms with Gasteiger partial charge in [0.1, 0.15) is 5.82 Å². The minimum absolute atomic E-state index is 0.0239. The van der Waals surface area contributed by atoms with Crippen LogP contribution in [0.2, 0.25) is 0 Å². The van der Waals surface area contributed by atoms with Crippen molar-refractivity contribution in [1.82, 2.24) is 0 Å². The molecule has 0 heterocycles. The van der Waals surface area contributed by atoms with E-state index in [4.69, 9.17) is 0 Å². The second-order valence-electron chi connectivity index (χ2n) is 4.47. The first kappa shape index (κ1) is 14.3. The molecule has 0 aliphatic rings. The molecule has 20 heavy (non-hydrogen) atoms. The molecule has 104 valence electrons. The van der Waals surface area contributed by atoms with Crippen LogP contribution in [0.4, 0.5) is 13.2 Å². The fourth-order valence-corrected chi connectivity index (χ4v) is 2.13. The largest absolute Gasteiger partial charge is 0.288 e. The molecule has 1 nitrogen and oxygen atoms in total. The molecule has 0 amide bonds. The van der Waals surface area contributed by atoms with E-state index in [0.29, 0.717) is 0 Å². The van der Waals surface area contributed by atoms with Crippen molar-refractivity contribution in [1.29, 1.82) is 0 Å². The minimum Gasteiger partial charge on any atom is -0.288 e.